The maximum absolute atomic E-state index is 4.86. The molecule has 0 atom stereocenters. The zero-order valence-corrected chi connectivity index (χ0v) is 23.4. The number of unbranched alkanes of at least 4 members (excludes halogenated alkanes) is 9. The number of benzene rings is 2. The Morgan fingerprint density at radius 1 is 0.526 bits per heavy atom. The summed E-state index contributed by atoms with van der Waals surface area (Å²) in [5, 5.41) is 0. The van der Waals surface area contributed by atoms with Crippen LogP contribution >= 0.6 is 0 Å². The molecule has 0 unspecified atom stereocenters. The van der Waals surface area contributed by atoms with Crippen LogP contribution in [0.4, 0.5) is 0 Å². The quantitative estimate of drug-likeness (QED) is 0.160. The lowest BCUT2D eigenvalue weighted by atomic mass is 10.0. The fourth-order valence-electron chi connectivity index (χ4n) is 4.83. The Labute approximate surface area is 229 Å². The minimum atomic E-state index is 0.658. The summed E-state index contributed by atoms with van der Waals surface area (Å²) in [7, 11) is 0. The summed E-state index contributed by atoms with van der Waals surface area (Å²) in [6, 6.07) is 20.9. The molecule has 0 fully saturated rings. The third kappa shape index (κ3) is 8.31. The second kappa shape index (κ2) is 14.5. The van der Waals surface area contributed by atoms with Gasteiger partial charge in [-0.15, -0.1) is 0 Å². The Bertz CT molecular complexity index is 1220. The van der Waals surface area contributed by atoms with E-state index in [1.54, 1.807) is 0 Å². The summed E-state index contributed by atoms with van der Waals surface area (Å²) in [6.45, 7) is 6.45. The van der Waals surface area contributed by atoms with Gasteiger partial charge in [-0.25, -0.2) is 15.0 Å². The molecule has 0 aliphatic carbocycles. The van der Waals surface area contributed by atoms with Crippen molar-refractivity contribution in [3.8, 4) is 34.2 Å². The number of hydrogen-bond donors (Lipinski definition) is 0. The fourth-order valence-corrected chi connectivity index (χ4v) is 4.83. The predicted molar refractivity (Wildman–Crippen MR) is 159 cm³/mol. The lowest BCUT2D eigenvalue weighted by Gasteiger charge is -2.09. The molecule has 2 heterocycles. The first kappa shape index (κ1) is 27.6. The maximum Gasteiger partial charge on any atom is 0.165 e. The largest absolute Gasteiger partial charge is 0.261 e. The standard InChI is InChI=1S/C34H42N4/c1-4-5-6-7-8-9-10-11-12-13-20-31-22-21-30(25-35-31)34-37-32(28-18-14-16-26(2)23-28)36-33(38-34)29-19-15-17-27(3)24-29/h14-19,21-25H,4-13,20H2,1-3H3. The average Bonchev–Trinajstić information content (AvgIpc) is 2.94. The first-order chi connectivity index (χ1) is 18.6. The highest BCUT2D eigenvalue weighted by Gasteiger charge is 2.13. The lowest BCUT2D eigenvalue weighted by molar-refractivity contribution is 0.555. The molecule has 4 nitrogen and oxygen atoms in total. The third-order valence-electron chi connectivity index (χ3n) is 7.06. The Morgan fingerprint density at radius 3 is 1.50 bits per heavy atom. The molecule has 198 valence electrons. The van der Waals surface area contributed by atoms with E-state index in [2.05, 4.69) is 69.3 Å². The number of hydrogen-bond acceptors (Lipinski definition) is 4. The molecule has 0 aliphatic heterocycles. The van der Waals surface area contributed by atoms with Gasteiger partial charge in [-0.2, -0.15) is 0 Å². The van der Waals surface area contributed by atoms with Gasteiger partial charge in [0, 0.05) is 28.6 Å². The van der Waals surface area contributed by atoms with Crippen LogP contribution < -0.4 is 0 Å². The Hall–Kier alpha value is -3.40. The van der Waals surface area contributed by atoms with Crippen molar-refractivity contribution >= 4 is 0 Å². The number of nitrogens with zero attached hydrogens (tertiary/aromatic N) is 4. The SMILES string of the molecule is CCCCCCCCCCCCc1ccc(-c2nc(-c3cccc(C)c3)nc(-c3cccc(C)c3)n2)cn1. The molecule has 0 N–H and O–H groups in total. The zero-order chi connectivity index (χ0) is 26.6. The molecule has 0 aliphatic rings. The van der Waals surface area contributed by atoms with Crippen molar-refractivity contribution < 1.29 is 0 Å². The van der Waals surface area contributed by atoms with E-state index in [0.29, 0.717) is 17.5 Å². The van der Waals surface area contributed by atoms with Crippen molar-refractivity contribution in [2.24, 2.45) is 0 Å². The average molecular weight is 507 g/mol. The predicted octanol–water partition coefficient (Wildman–Crippen LogP) is 9.35. The molecule has 4 rings (SSSR count). The first-order valence-electron chi connectivity index (χ1n) is 14.5. The van der Waals surface area contributed by atoms with E-state index < -0.39 is 0 Å². The topological polar surface area (TPSA) is 51.6 Å². The van der Waals surface area contributed by atoms with Crippen LogP contribution in [0.15, 0.2) is 66.9 Å². The van der Waals surface area contributed by atoms with Crippen LogP contribution in [0.5, 0.6) is 0 Å². The van der Waals surface area contributed by atoms with Crippen LogP contribution in [-0.4, -0.2) is 19.9 Å². The summed E-state index contributed by atoms with van der Waals surface area (Å²) in [5.41, 5.74) is 6.41. The van der Waals surface area contributed by atoms with Gasteiger partial charge >= 0.3 is 0 Å². The van der Waals surface area contributed by atoms with Crippen LogP contribution in [-0.2, 0) is 6.42 Å². The number of rotatable bonds is 14. The number of pyridine rings is 1. The first-order valence-corrected chi connectivity index (χ1v) is 14.5. The van der Waals surface area contributed by atoms with Gasteiger partial charge in [0.05, 0.1) is 0 Å². The molecule has 4 heteroatoms. The summed E-state index contributed by atoms with van der Waals surface area (Å²) in [4.78, 5) is 19.3. The van der Waals surface area contributed by atoms with Gasteiger partial charge in [0.2, 0.25) is 0 Å². The van der Waals surface area contributed by atoms with Crippen LogP contribution in [0, 0.1) is 13.8 Å². The second-order valence-corrected chi connectivity index (χ2v) is 10.5. The van der Waals surface area contributed by atoms with Gasteiger partial charge in [0.15, 0.2) is 17.5 Å². The van der Waals surface area contributed by atoms with E-state index in [4.69, 9.17) is 19.9 Å². The van der Waals surface area contributed by atoms with Crippen LogP contribution in [0.3, 0.4) is 0 Å². The Kier molecular flexibility index (Phi) is 10.6. The van der Waals surface area contributed by atoms with E-state index in [1.807, 2.05) is 18.3 Å². The minimum Gasteiger partial charge on any atom is -0.261 e. The molecular weight excluding hydrogens is 464 g/mol. The smallest absolute Gasteiger partial charge is 0.165 e. The highest BCUT2D eigenvalue weighted by atomic mass is 15.0. The normalized spacial score (nSPS) is 11.1. The maximum atomic E-state index is 4.86. The van der Waals surface area contributed by atoms with E-state index in [1.165, 1.54) is 75.3 Å². The summed E-state index contributed by atoms with van der Waals surface area (Å²) in [6.07, 6.45) is 16.4. The van der Waals surface area contributed by atoms with Crippen LogP contribution in [0.1, 0.15) is 88.0 Å². The molecule has 0 bridgehead atoms. The number of aromatic nitrogens is 4. The van der Waals surface area contributed by atoms with Crippen LogP contribution in [0.25, 0.3) is 34.2 Å². The van der Waals surface area contributed by atoms with Crippen molar-refractivity contribution in [2.45, 2.75) is 91.4 Å². The molecule has 2 aromatic heterocycles. The summed E-state index contributed by atoms with van der Waals surface area (Å²) < 4.78 is 0. The molecular formula is C34H42N4. The van der Waals surface area contributed by atoms with Gasteiger partial charge in [0.1, 0.15) is 0 Å². The fraction of sp³-hybridized carbons (Fsp3) is 0.412. The molecule has 0 saturated carbocycles. The van der Waals surface area contributed by atoms with Crippen molar-refractivity contribution in [3.63, 3.8) is 0 Å². The number of aryl methyl sites for hydroxylation is 3. The van der Waals surface area contributed by atoms with Gasteiger partial charge in [0.25, 0.3) is 0 Å². The highest BCUT2D eigenvalue weighted by molar-refractivity contribution is 5.66. The van der Waals surface area contributed by atoms with Crippen LogP contribution in [0.2, 0.25) is 0 Å². The van der Waals surface area contributed by atoms with Gasteiger partial charge in [-0.3, -0.25) is 4.98 Å². The molecule has 0 spiro atoms. The van der Waals surface area contributed by atoms with E-state index >= 15 is 0 Å². The zero-order valence-electron chi connectivity index (χ0n) is 23.4. The van der Waals surface area contributed by atoms with Crippen molar-refractivity contribution in [2.75, 3.05) is 0 Å². The Morgan fingerprint density at radius 2 is 1.03 bits per heavy atom. The monoisotopic (exact) mass is 506 g/mol. The molecule has 0 amide bonds. The van der Waals surface area contributed by atoms with Gasteiger partial charge in [-0.1, -0.05) is 112 Å². The van der Waals surface area contributed by atoms with Crippen molar-refractivity contribution in [3.05, 3.63) is 83.7 Å². The molecule has 0 saturated heterocycles. The van der Waals surface area contributed by atoms with E-state index in [-0.39, 0.29) is 0 Å². The molecule has 38 heavy (non-hydrogen) atoms. The van der Waals surface area contributed by atoms with Gasteiger partial charge in [-0.05, 0) is 51.0 Å². The molecule has 4 aromatic rings. The molecule has 0 radical (unpaired) electrons. The van der Waals surface area contributed by atoms with E-state index in [9.17, 15) is 0 Å². The minimum absolute atomic E-state index is 0.658. The Balaban J connectivity index is 1.41. The highest BCUT2D eigenvalue weighted by Crippen LogP contribution is 2.25. The van der Waals surface area contributed by atoms with Gasteiger partial charge < -0.3 is 0 Å². The molecule has 2 aromatic carbocycles. The van der Waals surface area contributed by atoms with Crippen molar-refractivity contribution in [1.82, 2.24) is 19.9 Å². The third-order valence-corrected chi connectivity index (χ3v) is 7.06. The van der Waals surface area contributed by atoms with E-state index in [0.717, 1.165) is 28.8 Å². The summed E-state index contributed by atoms with van der Waals surface area (Å²) >= 11 is 0. The second-order valence-electron chi connectivity index (χ2n) is 10.5. The van der Waals surface area contributed by atoms with Crippen molar-refractivity contribution in [1.29, 1.82) is 0 Å². The lowest BCUT2D eigenvalue weighted by Crippen LogP contribution is -2.01. The summed E-state index contributed by atoms with van der Waals surface area (Å²) in [5.74, 6) is 2.03.